The standard InChI is InChI=1S/C24H34N6O3/c1-15-22(27-17-6-7-32-13-17)28-23(29-24(15)30-11-18-9-19(12-30)26-18)16-4-3-5-21(8-16)33-14-20(31)10-25-2/h3-5,8,17-20,25-26,31H,6-7,9-14H2,1-2H3,(H,27,28,29). The van der Waals surface area contributed by atoms with Crippen molar-refractivity contribution in [1.82, 2.24) is 20.6 Å². The number of ether oxygens (including phenoxy) is 2. The number of piperazine rings is 1. The highest BCUT2D eigenvalue weighted by Crippen LogP contribution is 2.33. The fourth-order valence-electron chi connectivity index (χ4n) is 4.82. The molecule has 2 aromatic rings. The van der Waals surface area contributed by atoms with E-state index in [1.165, 1.54) is 6.42 Å². The molecule has 0 radical (unpaired) electrons. The van der Waals surface area contributed by atoms with Gasteiger partial charge in [-0.25, -0.2) is 9.97 Å². The first-order valence-electron chi connectivity index (χ1n) is 11.9. The van der Waals surface area contributed by atoms with Crippen molar-refractivity contribution < 1.29 is 14.6 Å². The van der Waals surface area contributed by atoms with Gasteiger partial charge in [0, 0.05) is 49.5 Å². The Kier molecular flexibility index (Phi) is 6.64. The highest BCUT2D eigenvalue weighted by molar-refractivity contribution is 5.67. The van der Waals surface area contributed by atoms with E-state index in [1.807, 2.05) is 24.3 Å². The Bertz CT molecular complexity index is 951. The first-order valence-corrected chi connectivity index (χ1v) is 11.9. The summed E-state index contributed by atoms with van der Waals surface area (Å²) < 4.78 is 11.4. The molecule has 0 aliphatic carbocycles. The molecule has 4 aliphatic rings. The van der Waals surface area contributed by atoms with E-state index in [9.17, 15) is 5.11 Å². The first kappa shape index (κ1) is 22.3. The van der Waals surface area contributed by atoms with Gasteiger partial charge in [0.1, 0.15) is 30.1 Å². The Labute approximate surface area is 194 Å². The molecule has 1 aromatic carbocycles. The van der Waals surface area contributed by atoms with Crippen molar-refractivity contribution in [3.8, 4) is 17.1 Å². The van der Waals surface area contributed by atoms with E-state index >= 15 is 0 Å². The summed E-state index contributed by atoms with van der Waals surface area (Å²) in [7, 11) is 1.81. The number of piperidine rings is 1. The molecule has 2 bridgehead atoms. The van der Waals surface area contributed by atoms with Crippen LogP contribution in [-0.2, 0) is 4.74 Å². The van der Waals surface area contributed by atoms with Crippen LogP contribution in [0.3, 0.4) is 0 Å². The molecule has 4 saturated heterocycles. The van der Waals surface area contributed by atoms with E-state index in [4.69, 9.17) is 19.4 Å². The molecule has 33 heavy (non-hydrogen) atoms. The van der Waals surface area contributed by atoms with E-state index < -0.39 is 6.10 Å². The zero-order valence-corrected chi connectivity index (χ0v) is 19.4. The van der Waals surface area contributed by atoms with Crippen molar-refractivity contribution in [3.63, 3.8) is 0 Å². The minimum Gasteiger partial charge on any atom is -0.491 e. The Balaban J connectivity index is 1.43. The lowest BCUT2D eigenvalue weighted by Crippen LogP contribution is -2.67. The molecule has 1 aromatic heterocycles. The van der Waals surface area contributed by atoms with Gasteiger partial charge in [0.2, 0.25) is 0 Å². The number of anilines is 2. The van der Waals surface area contributed by atoms with Crippen LogP contribution in [0.2, 0.25) is 0 Å². The molecule has 5 heterocycles. The molecule has 0 saturated carbocycles. The molecular formula is C24H34N6O3. The first-order chi connectivity index (χ1) is 16.1. The fourth-order valence-corrected chi connectivity index (χ4v) is 4.82. The molecule has 4 atom stereocenters. The summed E-state index contributed by atoms with van der Waals surface area (Å²) in [5.41, 5.74) is 1.97. The number of fused-ring (bicyclic) bond motifs is 2. The average molecular weight is 455 g/mol. The number of aliphatic hydroxyl groups is 1. The van der Waals surface area contributed by atoms with Crippen molar-refractivity contribution in [2.24, 2.45) is 0 Å². The Morgan fingerprint density at radius 2 is 2.12 bits per heavy atom. The molecule has 0 spiro atoms. The maximum Gasteiger partial charge on any atom is 0.164 e. The molecular weight excluding hydrogens is 420 g/mol. The normalized spacial score (nSPS) is 24.9. The van der Waals surface area contributed by atoms with Crippen LogP contribution in [0.1, 0.15) is 18.4 Å². The Morgan fingerprint density at radius 1 is 1.30 bits per heavy atom. The van der Waals surface area contributed by atoms with Crippen molar-refractivity contribution >= 4 is 11.6 Å². The second-order valence-electron chi connectivity index (χ2n) is 9.30. The van der Waals surface area contributed by atoms with E-state index in [1.54, 1.807) is 7.05 Å². The van der Waals surface area contributed by atoms with E-state index in [0.29, 0.717) is 36.8 Å². The smallest absolute Gasteiger partial charge is 0.164 e. The molecule has 0 amide bonds. The predicted octanol–water partition coefficient (Wildman–Crippen LogP) is 1.16. The summed E-state index contributed by atoms with van der Waals surface area (Å²) in [4.78, 5) is 12.3. The van der Waals surface area contributed by atoms with Crippen molar-refractivity contribution in [3.05, 3.63) is 29.8 Å². The number of aromatic nitrogens is 2. The van der Waals surface area contributed by atoms with Crippen molar-refractivity contribution in [1.29, 1.82) is 0 Å². The van der Waals surface area contributed by atoms with E-state index in [2.05, 4.69) is 27.8 Å². The van der Waals surface area contributed by atoms with Crippen LogP contribution in [-0.4, -0.2) is 85.8 Å². The van der Waals surface area contributed by atoms with E-state index in [0.717, 1.165) is 48.9 Å². The van der Waals surface area contributed by atoms with Crippen molar-refractivity contribution in [2.75, 3.05) is 56.7 Å². The number of nitrogens with zero attached hydrogens (tertiary/aromatic N) is 3. The van der Waals surface area contributed by atoms with Gasteiger partial charge in [-0.2, -0.15) is 0 Å². The van der Waals surface area contributed by atoms with Gasteiger partial charge in [-0.05, 0) is 38.9 Å². The lowest BCUT2D eigenvalue weighted by atomic mass is 9.91. The zero-order valence-electron chi connectivity index (χ0n) is 19.4. The maximum absolute atomic E-state index is 9.96. The quantitative estimate of drug-likeness (QED) is 0.444. The summed E-state index contributed by atoms with van der Waals surface area (Å²) in [5.74, 6) is 3.22. The Hall–Kier alpha value is -2.46. The minimum atomic E-state index is -0.565. The van der Waals surface area contributed by atoms with Gasteiger partial charge >= 0.3 is 0 Å². The van der Waals surface area contributed by atoms with Crippen LogP contribution in [0.4, 0.5) is 11.6 Å². The summed E-state index contributed by atoms with van der Waals surface area (Å²) in [5, 5.41) is 20.1. The van der Waals surface area contributed by atoms with Crippen LogP contribution >= 0.6 is 0 Å². The van der Waals surface area contributed by atoms with Gasteiger partial charge < -0.3 is 35.4 Å². The second-order valence-corrected chi connectivity index (χ2v) is 9.30. The maximum atomic E-state index is 9.96. The number of benzene rings is 1. The highest BCUT2D eigenvalue weighted by Gasteiger charge is 2.38. The van der Waals surface area contributed by atoms with Gasteiger partial charge in [0.05, 0.1) is 12.6 Å². The molecule has 6 rings (SSSR count). The third-order valence-corrected chi connectivity index (χ3v) is 6.59. The minimum absolute atomic E-state index is 0.225. The van der Waals surface area contributed by atoms with Crippen LogP contribution < -0.4 is 25.6 Å². The highest BCUT2D eigenvalue weighted by atomic mass is 16.5. The molecule has 9 heteroatoms. The molecule has 9 nitrogen and oxygen atoms in total. The van der Waals surface area contributed by atoms with Crippen LogP contribution in [0, 0.1) is 6.92 Å². The third kappa shape index (κ3) is 5.06. The lowest BCUT2D eigenvalue weighted by molar-refractivity contribution is 0.108. The van der Waals surface area contributed by atoms with E-state index in [-0.39, 0.29) is 12.6 Å². The number of hydrogen-bond donors (Lipinski definition) is 4. The number of likely N-dealkylation sites (N-methyl/N-ethyl adjacent to an activating group) is 1. The largest absolute Gasteiger partial charge is 0.491 e. The summed E-state index contributed by atoms with van der Waals surface area (Å²) in [6.45, 7) is 6.22. The number of rotatable bonds is 9. The average Bonchev–Trinajstić information content (AvgIpc) is 3.32. The van der Waals surface area contributed by atoms with Crippen LogP contribution in [0.15, 0.2) is 24.3 Å². The van der Waals surface area contributed by atoms with Crippen LogP contribution in [0.25, 0.3) is 11.4 Å². The monoisotopic (exact) mass is 454 g/mol. The predicted molar refractivity (Wildman–Crippen MR) is 128 cm³/mol. The van der Waals surface area contributed by atoms with Crippen molar-refractivity contribution in [2.45, 2.75) is 44.0 Å². The SMILES string of the molecule is CNCC(O)COc1cccc(-c2nc(NC3CCOC3)c(C)c(N3CC4CC(C3)N4)n2)c1. The number of nitrogens with one attached hydrogen (secondary N) is 3. The van der Waals surface area contributed by atoms with Gasteiger partial charge in [-0.15, -0.1) is 0 Å². The summed E-state index contributed by atoms with van der Waals surface area (Å²) in [6.07, 6.45) is 1.66. The summed E-state index contributed by atoms with van der Waals surface area (Å²) >= 11 is 0. The third-order valence-electron chi connectivity index (χ3n) is 6.59. The topological polar surface area (TPSA) is 104 Å². The number of aliphatic hydroxyl groups excluding tert-OH is 1. The fraction of sp³-hybridized carbons (Fsp3) is 0.583. The molecule has 4 unspecified atom stereocenters. The number of hydrogen-bond acceptors (Lipinski definition) is 9. The molecule has 4 N–H and O–H groups in total. The summed E-state index contributed by atoms with van der Waals surface area (Å²) in [6, 6.07) is 9.13. The Morgan fingerprint density at radius 3 is 2.85 bits per heavy atom. The van der Waals surface area contributed by atoms with Crippen LogP contribution in [0.5, 0.6) is 5.75 Å². The van der Waals surface area contributed by atoms with Gasteiger partial charge in [-0.1, -0.05) is 12.1 Å². The molecule has 4 aliphatic heterocycles. The van der Waals surface area contributed by atoms with Gasteiger partial charge in [0.25, 0.3) is 0 Å². The van der Waals surface area contributed by atoms with Gasteiger partial charge in [0.15, 0.2) is 5.82 Å². The second kappa shape index (κ2) is 9.80. The van der Waals surface area contributed by atoms with Gasteiger partial charge in [-0.3, -0.25) is 0 Å². The molecule has 178 valence electrons. The zero-order chi connectivity index (χ0) is 22.8. The molecule has 4 fully saturated rings. The lowest BCUT2D eigenvalue weighted by Gasteiger charge is -2.49.